The van der Waals surface area contributed by atoms with Crippen molar-refractivity contribution in [3.63, 3.8) is 0 Å². The average molecular weight is 376 g/mol. The number of halogens is 1. The van der Waals surface area contributed by atoms with Gasteiger partial charge in [0.05, 0.1) is 4.91 Å². The summed E-state index contributed by atoms with van der Waals surface area (Å²) in [6.07, 6.45) is 5.75. The molecule has 124 valence electrons. The van der Waals surface area contributed by atoms with Crippen molar-refractivity contribution in [2.45, 2.75) is 31.9 Å². The molecule has 0 saturated carbocycles. The molecule has 0 bridgehead atoms. The summed E-state index contributed by atoms with van der Waals surface area (Å²) in [7, 11) is 0. The molecule has 5 heteroatoms. The van der Waals surface area contributed by atoms with Gasteiger partial charge in [0.2, 0.25) is 0 Å². The number of anilines is 1. The second-order valence-corrected chi connectivity index (χ2v) is 9.04. The minimum Gasteiger partial charge on any atom is -0.322 e. The van der Waals surface area contributed by atoms with Gasteiger partial charge >= 0.3 is 0 Å². The highest BCUT2D eigenvalue weighted by molar-refractivity contribution is 8.03. The van der Waals surface area contributed by atoms with Crippen molar-refractivity contribution in [1.82, 2.24) is 0 Å². The van der Waals surface area contributed by atoms with Gasteiger partial charge in [-0.15, -0.1) is 23.1 Å². The molecule has 24 heavy (non-hydrogen) atoms. The number of thiophene rings is 1. The van der Waals surface area contributed by atoms with Crippen molar-refractivity contribution < 1.29 is 4.79 Å². The highest BCUT2D eigenvalue weighted by Gasteiger charge is 2.26. The van der Waals surface area contributed by atoms with E-state index in [1.165, 1.54) is 34.6 Å². The van der Waals surface area contributed by atoms with Gasteiger partial charge in [0.15, 0.2) is 0 Å². The van der Waals surface area contributed by atoms with E-state index in [1.807, 2.05) is 23.5 Å². The van der Waals surface area contributed by atoms with Gasteiger partial charge in [-0.3, -0.25) is 4.79 Å². The summed E-state index contributed by atoms with van der Waals surface area (Å²) in [6.45, 7) is 2.33. The zero-order valence-corrected chi connectivity index (χ0v) is 15.8. The van der Waals surface area contributed by atoms with E-state index in [0.717, 1.165) is 22.3 Å². The maximum Gasteiger partial charge on any atom is 0.262 e. The molecule has 1 atom stereocenters. The summed E-state index contributed by atoms with van der Waals surface area (Å²) in [6, 6.07) is 7.22. The average Bonchev–Trinajstić information content (AvgIpc) is 2.93. The van der Waals surface area contributed by atoms with Crippen molar-refractivity contribution in [2.75, 3.05) is 5.32 Å². The predicted octanol–water partition coefficient (Wildman–Crippen LogP) is 5.75. The molecule has 1 aromatic heterocycles. The van der Waals surface area contributed by atoms with Gasteiger partial charge in [0, 0.05) is 26.2 Å². The molecular formula is C19H18ClNOS2. The Morgan fingerprint density at radius 3 is 2.83 bits per heavy atom. The Labute approximate surface area is 155 Å². The van der Waals surface area contributed by atoms with Crippen LogP contribution in [0.5, 0.6) is 0 Å². The van der Waals surface area contributed by atoms with Crippen LogP contribution in [-0.2, 0) is 23.4 Å². The molecular weight excluding hydrogens is 358 g/mol. The Bertz CT molecular complexity index is 823. The zero-order valence-electron chi connectivity index (χ0n) is 13.4. The summed E-state index contributed by atoms with van der Waals surface area (Å²) < 4.78 is 0. The molecule has 0 fully saturated rings. The number of nitrogens with one attached hydrogen (secondary N) is 1. The van der Waals surface area contributed by atoms with Crippen molar-refractivity contribution in [3.8, 4) is 0 Å². The Morgan fingerprint density at radius 2 is 2.04 bits per heavy atom. The number of thioether (sulfide) groups is 1. The highest BCUT2D eigenvalue weighted by Crippen LogP contribution is 2.43. The zero-order chi connectivity index (χ0) is 16.7. The van der Waals surface area contributed by atoms with Crippen molar-refractivity contribution in [3.05, 3.63) is 55.1 Å². The van der Waals surface area contributed by atoms with E-state index >= 15 is 0 Å². The molecule has 0 saturated heterocycles. The lowest BCUT2D eigenvalue weighted by molar-refractivity contribution is -0.112. The summed E-state index contributed by atoms with van der Waals surface area (Å²) in [5.74, 6) is 1.66. The molecule has 1 aliphatic carbocycles. The van der Waals surface area contributed by atoms with Gasteiger partial charge in [0.25, 0.3) is 5.91 Å². The predicted molar refractivity (Wildman–Crippen MR) is 105 cm³/mol. The number of fused-ring (bicyclic) bond motifs is 3. The van der Waals surface area contributed by atoms with Crippen LogP contribution in [0.2, 0.25) is 5.02 Å². The van der Waals surface area contributed by atoms with Crippen LogP contribution in [0.1, 0.15) is 34.2 Å². The van der Waals surface area contributed by atoms with E-state index in [-0.39, 0.29) is 5.91 Å². The topological polar surface area (TPSA) is 29.1 Å². The van der Waals surface area contributed by atoms with E-state index in [2.05, 4.69) is 18.3 Å². The van der Waals surface area contributed by atoms with E-state index < -0.39 is 0 Å². The quantitative estimate of drug-likeness (QED) is 0.723. The molecule has 1 unspecified atom stereocenters. The Balaban J connectivity index is 1.56. The molecule has 0 spiro atoms. The number of benzene rings is 1. The second kappa shape index (κ2) is 6.58. The van der Waals surface area contributed by atoms with Crippen LogP contribution in [0.15, 0.2) is 29.2 Å². The summed E-state index contributed by atoms with van der Waals surface area (Å²) in [5, 5.41) is 3.63. The van der Waals surface area contributed by atoms with Crippen molar-refractivity contribution >= 4 is 52.4 Å². The fraction of sp³-hybridized carbons (Fsp3) is 0.316. The van der Waals surface area contributed by atoms with E-state index in [4.69, 9.17) is 11.6 Å². The molecule has 4 rings (SSSR count). The van der Waals surface area contributed by atoms with Gasteiger partial charge in [-0.05, 0) is 66.6 Å². The van der Waals surface area contributed by atoms with Gasteiger partial charge < -0.3 is 5.32 Å². The minimum atomic E-state index is -0.0345. The Morgan fingerprint density at radius 1 is 1.25 bits per heavy atom. The standard InChI is InChI=1S/C19H18ClNOS2/c1-11-2-7-14-15-10-23-18(9-17(15)24-16(14)8-11)19(22)21-13-5-3-12(20)4-6-13/h3-6,9,11H,2,7-8,10H2,1H3,(H,21,22). The molecule has 2 aromatic rings. The molecule has 2 aliphatic rings. The first kappa shape index (κ1) is 16.2. The van der Waals surface area contributed by atoms with E-state index in [0.29, 0.717) is 5.02 Å². The third-order valence-electron chi connectivity index (χ3n) is 4.61. The normalized spacial score (nSPS) is 19.2. The number of amides is 1. The largest absolute Gasteiger partial charge is 0.322 e. The fourth-order valence-electron chi connectivity index (χ4n) is 3.28. The Hall–Kier alpha value is -1.23. The molecule has 1 amide bonds. The van der Waals surface area contributed by atoms with Crippen LogP contribution >= 0.6 is 34.7 Å². The number of hydrogen-bond donors (Lipinski definition) is 1. The van der Waals surface area contributed by atoms with Crippen LogP contribution in [0.25, 0.3) is 6.08 Å². The van der Waals surface area contributed by atoms with Gasteiger partial charge in [-0.1, -0.05) is 18.5 Å². The lowest BCUT2D eigenvalue weighted by Gasteiger charge is -2.19. The molecule has 1 aromatic carbocycles. The number of carbonyl (C=O) groups is 1. The Kier molecular flexibility index (Phi) is 4.46. The molecule has 2 nitrogen and oxygen atoms in total. The van der Waals surface area contributed by atoms with E-state index in [9.17, 15) is 4.79 Å². The smallest absolute Gasteiger partial charge is 0.262 e. The van der Waals surface area contributed by atoms with Crippen LogP contribution in [-0.4, -0.2) is 5.91 Å². The highest BCUT2D eigenvalue weighted by atomic mass is 35.5. The lowest BCUT2D eigenvalue weighted by atomic mass is 9.88. The summed E-state index contributed by atoms with van der Waals surface area (Å²) in [4.78, 5) is 16.1. The van der Waals surface area contributed by atoms with Crippen LogP contribution in [0.4, 0.5) is 5.69 Å². The van der Waals surface area contributed by atoms with Crippen LogP contribution in [0.3, 0.4) is 0 Å². The first-order valence-corrected chi connectivity index (χ1v) is 10.3. The van der Waals surface area contributed by atoms with Gasteiger partial charge in [-0.25, -0.2) is 0 Å². The molecule has 2 heterocycles. The van der Waals surface area contributed by atoms with Crippen molar-refractivity contribution in [2.24, 2.45) is 5.92 Å². The molecule has 1 N–H and O–H groups in total. The van der Waals surface area contributed by atoms with Gasteiger partial charge in [0.1, 0.15) is 0 Å². The number of hydrogen-bond acceptors (Lipinski definition) is 3. The van der Waals surface area contributed by atoms with Crippen LogP contribution in [0, 0.1) is 5.92 Å². The number of carbonyl (C=O) groups excluding carboxylic acids is 1. The third-order valence-corrected chi connectivity index (χ3v) is 7.16. The molecule has 1 aliphatic heterocycles. The second-order valence-electron chi connectivity index (χ2n) is 6.45. The lowest BCUT2D eigenvalue weighted by Crippen LogP contribution is -2.14. The third kappa shape index (κ3) is 3.15. The van der Waals surface area contributed by atoms with Crippen molar-refractivity contribution in [1.29, 1.82) is 0 Å². The van der Waals surface area contributed by atoms with Crippen LogP contribution < -0.4 is 5.32 Å². The SMILES string of the molecule is CC1CCc2c(sc3c2CSC(C(=O)Nc2ccc(Cl)cc2)=C3)C1. The summed E-state index contributed by atoms with van der Waals surface area (Å²) in [5.41, 5.74) is 3.81. The minimum absolute atomic E-state index is 0.0345. The number of rotatable bonds is 2. The maximum absolute atomic E-state index is 12.5. The van der Waals surface area contributed by atoms with E-state index in [1.54, 1.807) is 29.5 Å². The first-order chi connectivity index (χ1) is 11.6. The van der Waals surface area contributed by atoms with Gasteiger partial charge in [-0.2, -0.15) is 0 Å². The molecule has 0 radical (unpaired) electrons. The maximum atomic E-state index is 12.5. The first-order valence-electron chi connectivity index (χ1n) is 8.15. The summed E-state index contributed by atoms with van der Waals surface area (Å²) >= 11 is 9.41. The fourth-order valence-corrected chi connectivity index (χ4v) is 6.06. The monoisotopic (exact) mass is 375 g/mol.